The third-order valence-electron chi connectivity index (χ3n) is 4.72. The minimum absolute atomic E-state index is 0.151. The highest BCUT2D eigenvalue weighted by Gasteiger charge is 2.38. The van der Waals surface area contributed by atoms with Gasteiger partial charge in [0.2, 0.25) is 5.92 Å². The first-order valence-corrected chi connectivity index (χ1v) is 8.29. The van der Waals surface area contributed by atoms with Crippen LogP contribution < -0.4 is 4.90 Å². The maximum Gasteiger partial charge on any atom is 0.314 e. The lowest BCUT2D eigenvalue weighted by Gasteiger charge is -2.26. The van der Waals surface area contributed by atoms with Crippen LogP contribution >= 0.6 is 0 Å². The summed E-state index contributed by atoms with van der Waals surface area (Å²) in [4.78, 5) is 14.3. The monoisotopic (exact) mass is 345 g/mol. The molecule has 0 atom stereocenters. The van der Waals surface area contributed by atoms with Gasteiger partial charge in [-0.05, 0) is 25.0 Å². The van der Waals surface area contributed by atoms with Crippen molar-refractivity contribution in [3.63, 3.8) is 0 Å². The van der Waals surface area contributed by atoms with E-state index in [4.69, 9.17) is 4.74 Å². The first-order chi connectivity index (χ1) is 12.0. The molecule has 2 heterocycles. The van der Waals surface area contributed by atoms with E-state index in [0.717, 1.165) is 11.3 Å². The summed E-state index contributed by atoms with van der Waals surface area (Å²) in [7, 11) is 0. The summed E-state index contributed by atoms with van der Waals surface area (Å²) in [6.07, 6.45) is 3.20. The van der Waals surface area contributed by atoms with E-state index in [1.165, 1.54) is 0 Å². The Morgan fingerprint density at radius 1 is 1.20 bits per heavy atom. The second-order valence-corrected chi connectivity index (χ2v) is 6.47. The van der Waals surface area contributed by atoms with Gasteiger partial charge in [-0.3, -0.25) is 4.79 Å². The van der Waals surface area contributed by atoms with E-state index in [1.807, 2.05) is 29.2 Å². The van der Waals surface area contributed by atoms with E-state index in [2.05, 4.69) is 10.2 Å². The summed E-state index contributed by atoms with van der Waals surface area (Å²) >= 11 is 0. The van der Waals surface area contributed by atoms with E-state index >= 15 is 0 Å². The molecule has 0 saturated heterocycles. The van der Waals surface area contributed by atoms with Gasteiger partial charge in [0.15, 0.2) is 5.82 Å². The fraction of sp³-hybridized carbons (Fsp3) is 0.389. The minimum Gasteiger partial charge on any atom is -0.426 e. The highest BCUT2D eigenvalue weighted by molar-refractivity contribution is 5.78. The number of alkyl halides is 2. The molecule has 0 bridgehead atoms. The number of carbonyl (C=O) groups is 1. The van der Waals surface area contributed by atoms with Crippen molar-refractivity contribution in [2.24, 2.45) is 16.1 Å². The topological polar surface area (TPSA) is 54.3 Å². The van der Waals surface area contributed by atoms with Crippen molar-refractivity contribution in [2.75, 3.05) is 11.6 Å². The van der Waals surface area contributed by atoms with Gasteiger partial charge in [0.05, 0.1) is 11.6 Å². The van der Waals surface area contributed by atoms with Gasteiger partial charge in [0.25, 0.3) is 0 Å². The fourth-order valence-corrected chi connectivity index (χ4v) is 3.31. The molecular weight excluding hydrogens is 328 g/mol. The summed E-state index contributed by atoms with van der Waals surface area (Å²) in [6, 6.07) is 7.68. The first-order valence-electron chi connectivity index (χ1n) is 8.29. The van der Waals surface area contributed by atoms with Gasteiger partial charge in [0.1, 0.15) is 12.4 Å². The lowest BCUT2D eigenvalue weighted by Crippen LogP contribution is -2.29. The van der Waals surface area contributed by atoms with Crippen LogP contribution in [-0.4, -0.2) is 18.6 Å². The number of benzene rings is 1. The van der Waals surface area contributed by atoms with Gasteiger partial charge in [-0.1, -0.05) is 18.2 Å². The van der Waals surface area contributed by atoms with Crippen molar-refractivity contribution in [3.05, 3.63) is 47.5 Å². The summed E-state index contributed by atoms with van der Waals surface area (Å²) in [5, 5.41) is 8.11. The van der Waals surface area contributed by atoms with Crippen LogP contribution in [0.3, 0.4) is 0 Å². The molecule has 1 aromatic carbocycles. The normalized spacial score (nSPS) is 21.8. The number of rotatable bonds is 2. The maximum absolute atomic E-state index is 13.3. The van der Waals surface area contributed by atoms with E-state index in [1.54, 1.807) is 12.2 Å². The second kappa shape index (κ2) is 6.06. The lowest BCUT2D eigenvalue weighted by molar-refractivity contribution is -0.147. The van der Waals surface area contributed by atoms with Crippen molar-refractivity contribution in [2.45, 2.75) is 31.6 Å². The van der Waals surface area contributed by atoms with Gasteiger partial charge < -0.3 is 9.64 Å². The number of ether oxygens (including phenoxy) is 1. The van der Waals surface area contributed by atoms with Crippen molar-refractivity contribution >= 4 is 17.7 Å². The summed E-state index contributed by atoms with van der Waals surface area (Å²) in [5.74, 6) is -2.66. The molecule has 4 rings (SSSR count). The zero-order valence-electron chi connectivity index (χ0n) is 13.5. The molecule has 0 spiro atoms. The molecule has 0 aromatic heterocycles. The molecule has 1 aromatic rings. The number of fused-ring (bicyclic) bond motifs is 3. The quantitative estimate of drug-likeness (QED) is 0.743. The molecule has 0 unspecified atom stereocenters. The Labute approximate surface area is 143 Å². The highest BCUT2D eigenvalue weighted by Crippen LogP contribution is 2.38. The van der Waals surface area contributed by atoms with Gasteiger partial charge in [-0.15, -0.1) is 5.11 Å². The number of halogens is 2. The Morgan fingerprint density at radius 3 is 2.76 bits per heavy atom. The third-order valence-corrected chi connectivity index (χ3v) is 4.72. The second-order valence-electron chi connectivity index (χ2n) is 6.47. The van der Waals surface area contributed by atoms with Crippen LogP contribution in [0.25, 0.3) is 6.08 Å². The van der Waals surface area contributed by atoms with Crippen LogP contribution in [0.5, 0.6) is 0 Å². The van der Waals surface area contributed by atoms with Crippen LogP contribution in [0.4, 0.5) is 14.5 Å². The van der Waals surface area contributed by atoms with Crippen LogP contribution in [0.15, 0.2) is 52.2 Å². The first kappa shape index (κ1) is 15.9. The van der Waals surface area contributed by atoms with E-state index < -0.39 is 17.8 Å². The molecule has 130 valence electrons. The average molecular weight is 345 g/mol. The summed E-state index contributed by atoms with van der Waals surface area (Å²) in [6.45, 7) is 0.412. The van der Waals surface area contributed by atoms with Gasteiger partial charge in [-0.2, -0.15) is 5.11 Å². The SMILES string of the molecule is O=C(OC1=Cc2ccccc2N2CN=NC2=C1)C1CCC(F)(F)CC1. The molecule has 1 aliphatic carbocycles. The molecule has 1 saturated carbocycles. The molecule has 0 amide bonds. The summed E-state index contributed by atoms with van der Waals surface area (Å²) < 4.78 is 32.0. The Hall–Kier alpha value is -2.57. The highest BCUT2D eigenvalue weighted by atomic mass is 19.3. The molecule has 0 radical (unpaired) electrons. The number of azo groups is 1. The number of carbonyl (C=O) groups excluding carboxylic acids is 1. The number of nitrogens with zero attached hydrogens (tertiary/aromatic N) is 3. The van der Waals surface area contributed by atoms with Gasteiger partial charge in [-0.25, -0.2) is 8.78 Å². The van der Waals surface area contributed by atoms with Crippen molar-refractivity contribution < 1.29 is 18.3 Å². The Morgan fingerprint density at radius 2 is 1.96 bits per heavy atom. The molecule has 7 heteroatoms. The lowest BCUT2D eigenvalue weighted by atomic mass is 9.87. The average Bonchev–Trinajstić information content (AvgIpc) is 2.97. The number of anilines is 1. The molecule has 25 heavy (non-hydrogen) atoms. The Bertz CT molecular complexity index is 791. The van der Waals surface area contributed by atoms with Crippen LogP contribution in [-0.2, 0) is 9.53 Å². The molecule has 1 fully saturated rings. The van der Waals surface area contributed by atoms with E-state index in [-0.39, 0.29) is 25.7 Å². The molecular formula is C18H17F2N3O2. The van der Waals surface area contributed by atoms with Crippen LogP contribution in [0.2, 0.25) is 0 Å². The van der Waals surface area contributed by atoms with Crippen molar-refractivity contribution in [3.8, 4) is 0 Å². The number of hydrogen-bond acceptors (Lipinski definition) is 5. The molecule has 2 aliphatic heterocycles. The number of hydrogen-bond donors (Lipinski definition) is 0. The molecule has 3 aliphatic rings. The zero-order chi connectivity index (χ0) is 17.4. The standard InChI is InChI=1S/C18H17F2N3O2/c19-18(20)7-5-12(6-8-18)17(24)25-14-9-13-3-1-2-4-15(13)23-11-21-22-16(23)10-14/h1-4,9-10,12H,5-8,11H2. The van der Waals surface area contributed by atoms with Crippen molar-refractivity contribution in [1.82, 2.24) is 0 Å². The van der Waals surface area contributed by atoms with E-state index in [9.17, 15) is 13.6 Å². The van der Waals surface area contributed by atoms with Gasteiger partial charge >= 0.3 is 5.97 Å². The molecule has 0 N–H and O–H groups in total. The predicted molar refractivity (Wildman–Crippen MR) is 87.7 cm³/mol. The van der Waals surface area contributed by atoms with Crippen LogP contribution in [0.1, 0.15) is 31.2 Å². The Balaban J connectivity index is 1.56. The third kappa shape index (κ3) is 3.18. The van der Waals surface area contributed by atoms with E-state index in [0.29, 0.717) is 18.2 Å². The fourth-order valence-electron chi connectivity index (χ4n) is 3.31. The zero-order valence-corrected chi connectivity index (χ0v) is 13.5. The maximum atomic E-state index is 13.3. The number of esters is 1. The van der Waals surface area contributed by atoms with Crippen LogP contribution in [0, 0.1) is 5.92 Å². The summed E-state index contributed by atoms with van der Waals surface area (Å²) in [5.41, 5.74) is 1.82. The minimum atomic E-state index is -2.66. The number of allylic oxidation sites excluding steroid dienone is 1. The smallest absolute Gasteiger partial charge is 0.314 e. The number of para-hydroxylation sites is 1. The predicted octanol–water partition coefficient (Wildman–Crippen LogP) is 4.48. The van der Waals surface area contributed by atoms with Crippen molar-refractivity contribution in [1.29, 1.82) is 0 Å². The molecule has 5 nitrogen and oxygen atoms in total. The largest absolute Gasteiger partial charge is 0.426 e. The van der Waals surface area contributed by atoms with Gasteiger partial charge in [0, 0.05) is 24.5 Å². The Kier molecular flexibility index (Phi) is 3.86.